The molecule has 4 heteroatoms. The molecule has 0 fully saturated rings. The van der Waals surface area contributed by atoms with Crippen LogP contribution in [0.1, 0.15) is 12.5 Å². The van der Waals surface area contributed by atoms with Crippen LogP contribution in [0.4, 0.5) is 0 Å². The lowest BCUT2D eigenvalue weighted by Gasteiger charge is -2.29. The van der Waals surface area contributed by atoms with Crippen molar-refractivity contribution in [2.45, 2.75) is 13.5 Å². The molecule has 0 spiro atoms. The Kier molecular flexibility index (Phi) is 6.14. The number of halogens is 1. The van der Waals surface area contributed by atoms with Gasteiger partial charge in [-0.05, 0) is 17.7 Å². The van der Waals surface area contributed by atoms with E-state index in [2.05, 4.69) is 29.4 Å². The van der Waals surface area contributed by atoms with Crippen LogP contribution in [0, 0.1) is 17.2 Å². The molecular formula is C16H20ClN3. The molecule has 3 nitrogen and oxygen atoms in total. The summed E-state index contributed by atoms with van der Waals surface area (Å²) in [5.41, 5.74) is 1.72. The Balaban J connectivity index is 2.80. The average molecular weight is 290 g/mol. The lowest BCUT2D eigenvalue weighted by atomic mass is 10.0. The predicted octanol–water partition coefficient (Wildman–Crippen LogP) is 3.55. The van der Waals surface area contributed by atoms with E-state index in [0.717, 1.165) is 16.4 Å². The van der Waals surface area contributed by atoms with Crippen LogP contribution in [0.3, 0.4) is 0 Å². The highest BCUT2D eigenvalue weighted by Crippen LogP contribution is 2.16. The SMILES string of the molecule is C=C(C#N)C(C)CN(Cc1ccc(Cl)cc1)C(=C)NC. The van der Waals surface area contributed by atoms with Crippen LogP contribution < -0.4 is 5.32 Å². The van der Waals surface area contributed by atoms with Crippen molar-refractivity contribution < 1.29 is 0 Å². The van der Waals surface area contributed by atoms with Crippen molar-refractivity contribution in [2.75, 3.05) is 13.6 Å². The number of hydrogen-bond donors (Lipinski definition) is 1. The highest BCUT2D eigenvalue weighted by atomic mass is 35.5. The summed E-state index contributed by atoms with van der Waals surface area (Å²) < 4.78 is 0. The molecule has 1 atom stereocenters. The monoisotopic (exact) mass is 289 g/mol. The third kappa shape index (κ3) is 4.64. The first-order chi connectivity index (χ1) is 9.47. The van der Waals surface area contributed by atoms with Crippen molar-refractivity contribution in [1.82, 2.24) is 10.2 Å². The Morgan fingerprint density at radius 3 is 2.50 bits per heavy atom. The van der Waals surface area contributed by atoms with Gasteiger partial charge in [0, 0.05) is 36.7 Å². The number of rotatable bonds is 7. The predicted molar refractivity (Wildman–Crippen MR) is 84.0 cm³/mol. The maximum Gasteiger partial charge on any atom is 0.0944 e. The zero-order chi connectivity index (χ0) is 15.1. The maximum absolute atomic E-state index is 8.91. The quantitative estimate of drug-likeness (QED) is 0.780. The largest absolute Gasteiger partial charge is 0.375 e. The Hall–Kier alpha value is -1.92. The van der Waals surface area contributed by atoms with E-state index in [1.165, 1.54) is 0 Å². The minimum absolute atomic E-state index is 0.0809. The average Bonchev–Trinajstić information content (AvgIpc) is 2.46. The molecule has 0 radical (unpaired) electrons. The third-order valence-electron chi connectivity index (χ3n) is 3.19. The molecule has 0 saturated heterocycles. The first-order valence-corrected chi connectivity index (χ1v) is 6.80. The van der Waals surface area contributed by atoms with Crippen molar-refractivity contribution in [3.8, 4) is 6.07 Å². The van der Waals surface area contributed by atoms with Gasteiger partial charge in [0.25, 0.3) is 0 Å². The molecule has 1 aromatic rings. The Morgan fingerprint density at radius 1 is 1.40 bits per heavy atom. The van der Waals surface area contributed by atoms with E-state index in [1.807, 2.05) is 38.2 Å². The molecule has 0 bridgehead atoms. The summed E-state index contributed by atoms with van der Waals surface area (Å²) in [5.74, 6) is 0.898. The van der Waals surface area contributed by atoms with Crippen molar-refractivity contribution in [1.29, 1.82) is 5.26 Å². The molecule has 0 heterocycles. The minimum Gasteiger partial charge on any atom is -0.375 e. The van der Waals surface area contributed by atoms with Gasteiger partial charge < -0.3 is 10.2 Å². The van der Waals surface area contributed by atoms with Crippen molar-refractivity contribution in [2.24, 2.45) is 5.92 Å². The first kappa shape index (κ1) is 16.1. The molecular weight excluding hydrogens is 270 g/mol. The second-order valence-corrected chi connectivity index (χ2v) is 5.18. The number of benzene rings is 1. The van der Waals surface area contributed by atoms with Gasteiger partial charge in [0.2, 0.25) is 0 Å². The minimum atomic E-state index is 0.0809. The summed E-state index contributed by atoms with van der Waals surface area (Å²) in [4.78, 5) is 2.09. The molecule has 1 N–H and O–H groups in total. The van der Waals surface area contributed by atoms with E-state index >= 15 is 0 Å². The first-order valence-electron chi connectivity index (χ1n) is 6.42. The van der Waals surface area contributed by atoms with Gasteiger partial charge in [-0.15, -0.1) is 0 Å². The number of nitrogens with one attached hydrogen (secondary N) is 1. The van der Waals surface area contributed by atoms with E-state index in [9.17, 15) is 0 Å². The van der Waals surface area contributed by atoms with Gasteiger partial charge >= 0.3 is 0 Å². The smallest absolute Gasteiger partial charge is 0.0944 e. The molecule has 0 aliphatic rings. The van der Waals surface area contributed by atoms with E-state index in [1.54, 1.807) is 0 Å². The molecule has 20 heavy (non-hydrogen) atoms. The molecule has 0 saturated carbocycles. The summed E-state index contributed by atoms with van der Waals surface area (Å²) in [6.07, 6.45) is 0. The van der Waals surface area contributed by atoms with Crippen LogP contribution >= 0.6 is 11.6 Å². The van der Waals surface area contributed by atoms with Gasteiger partial charge in [0.1, 0.15) is 0 Å². The highest BCUT2D eigenvalue weighted by molar-refractivity contribution is 6.30. The second kappa shape index (κ2) is 7.62. The van der Waals surface area contributed by atoms with E-state index < -0.39 is 0 Å². The summed E-state index contributed by atoms with van der Waals surface area (Å²) in [6.45, 7) is 11.2. The van der Waals surface area contributed by atoms with Gasteiger partial charge in [-0.3, -0.25) is 0 Å². The molecule has 1 rings (SSSR count). The maximum atomic E-state index is 8.91. The summed E-state index contributed by atoms with van der Waals surface area (Å²) in [5, 5.41) is 12.7. The summed E-state index contributed by atoms with van der Waals surface area (Å²) in [6, 6.07) is 9.83. The summed E-state index contributed by atoms with van der Waals surface area (Å²) in [7, 11) is 1.83. The zero-order valence-corrected chi connectivity index (χ0v) is 12.7. The number of nitrogens with zero attached hydrogens (tertiary/aromatic N) is 2. The van der Waals surface area contributed by atoms with E-state index in [-0.39, 0.29) is 5.92 Å². The normalized spacial score (nSPS) is 11.3. The van der Waals surface area contributed by atoms with E-state index in [0.29, 0.717) is 18.7 Å². The Morgan fingerprint density at radius 2 is 2.00 bits per heavy atom. The van der Waals surface area contributed by atoms with Gasteiger partial charge in [-0.1, -0.05) is 43.8 Å². The fraction of sp³-hybridized carbons (Fsp3) is 0.312. The topological polar surface area (TPSA) is 39.1 Å². The van der Waals surface area contributed by atoms with Gasteiger partial charge in [0.05, 0.1) is 11.9 Å². The van der Waals surface area contributed by atoms with Gasteiger partial charge in [-0.2, -0.15) is 5.26 Å². The standard InChI is InChI=1S/C16H20ClN3/c1-12(9-18)13(2)10-20(14(3)19-4)11-15-5-7-16(17)8-6-15/h5-8,13,19H,1,3,10-11H2,2,4H3. The Bertz CT molecular complexity index is 514. The van der Waals surface area contributed by atoms with Crippen LogP contribution in [0.2, 0.25) is 5.02 Å². The highest BCUT2D eigenvalue weighted by Gasteiger charge is 2.14. The van der Waals surface area contributed by atoms with Crippen LogP contribution in [0.15, 0.2) is 48.8 Å². The lowest BCUT2D eigenvalue weighted by molar-refractivity contribution is 0.292. The third-order valence-corrected chi connectivity index (χ3v) is 3.44. The molecule has 106 valence electrons. The van der Waals surface area contributed by atoms with Crippen LogP contribution in [0.25, 0.3) is 0 Å². The Labute approximate surface area is 126 Å². The molecule has 0 aliphatic carbocycles. The van der Waals surface area contributed by atoms with E-state index in [4.69, 9.17) is 16.9 Å². The zero-order valence-electron chi connectivity index (χ0n) is 12.0. The lowest BCUT2D eigenvalue weighted by Crippen LogP contribution is -2.32. The molecule has 1 unspecified atom stereocenters. The number of nitriles is 1. The van der Waals surface area contributed by atoms with Crippen LogP contribution in [0.5, 0.6) is 0 Å². The van der Waals surface area contributed by atoms with Gasteiger partial charge in [0.15, 0.2) is 0 Å². The van der Waals surface area contributed by atoms with Crippen molar-refractivity contribution in [3.05, 3.63) is 59.4 Å². The molecule has 0 aromatic heterocycles. The second-order valence-electron chi connectivity index (χ2n) is 4.74. The fourth-order valence-corrected chi connectivity index (χ4v) is 1.92. The van der Waals surface area contributed by atoms with Crippen molar-refractivity contribution in [3.63, 3.8) is 0 Å². The molecule has 1 aromatic carbocycles. The van der Waals surface area contributed by atoms with Crippen LogP contribution in [-0.2, 0) is 6.54 Å². The number of hydrogen-bond acceptors (Lipinski definition) is 3. The van der Waals surface area contributed by atoms with Crippen molar-refractivity contribution >= 4 is 11.6 Å². The summed E-state index contributed by atoms with van der Waals surface area (Å²) >= 11 is 5.89. The van der Waals surface area contributed by atoms with Gasteiger partial charge in [-0.25, -0.2) is 0 Å². The molecule has 0 aliphatic heterocycles. The fourth-order valence-electron chi connectivity index (χ4n) is 1.79. The molecule has 0 amide bonds. The van der Waals surface area contributed by atoms with Crippen LogP contribution in [-0.4, -0.2) is 18.5 Å².